The molecule has 0 aliphatic heterocycles. The molecular weight excluding hydrogens is 719 g/mol. The molecule has 0 saturated heterocycles. The Bertz CT molecular complexity index is 3430. The van der Waals surface area contributed by atoms with Gasteiger partial charge in [0, 0.05) is 44.0 Å². The van der Waals surface area contributed by atoms with Crippen molar-refractivity contribution in [1.82, 2.24) is 14.1 Å². The molecule has 0 unspecified atom stereocenters. The molecule has 0 fully saturated rings. The first-order valence-corrected chi connectivity index (χ1v) is 20.0. The van der Waals surface area contributed by atoms with Gasteiger partial charge in [-0.05, 0) is 94.5 Å². The van der Waals surface area contributed by atoms with Gasteiger partial charge in [0.2, 0.25) is 5.89 Å². The van der Waals surface area contributed by atoms with Crippen molar-refractivity contribution in [3.63, 3.8) is 0 Å². The number of nitrogens with zero attached hydrogens (tertiary/aromatic N) is 3. The van der Waals surface area contributed by atoms with Crippen molar-refractivity contribution in [3.8, 4) is 56.2 Å². The zero-order chi connectivity index (χ0) is 38.9. The Labute approximate surface area is 340 Å². The van der Waals surface area contributed by atoms with Crippen molar-refractivity contribution in [1.29, 1.82) is 0 Å². The maximum absolute atomic E-state index is 6.84. The van der Waals surface area contributed by atoms with Crippen LogP contribution in [0, 0.1) is 0 Å². The summed E-state index contributed by atoms with van der Waals surface area (Å²) in [6, 6.07) is 75.6. The first-order valence-electron chi connectivity index (χ1n) is 20.0. The van der Waals surface area contributed by atoms with Crippen molar-refractivity contribution in [3.05, 3.63) is 212 Å². The van der Waals surface area contributed by atoms with Crippen LogP contribution in [0.1, 0.15) is 0 Å². The van der Waals surface area contributed by atoms with E-state index in [-0.39, 0.29) is 0 Å². The molecule has 0 amide bonds. The van der Waals surface area contributed by atoms with E-state index in [1.54, 1.807) is 0 Å². The number of hydrogen-bond acceptors (Lipinski definition) is 2. The molecule has 0 radical (unpaired) electrons. The average Bonchev–Trinajstić information content (AvgIpc) is 4.00. The fourth-order valence-electron chi connectivity index (χ4n) is 9.02. The molecule has 0 saturated carbocycles. The van der Waals surface area contributed by atoms with E-state index < -0.39 is 0 Å². The molecular formula is C55H35N3O. The molecule has 4 nitrogen and oxygen atoms in total. The second-order valence-corrected chi connectivity index (χ2v) is 15.2. The van der Waals surface area contributed by atoms with Crippen molar-refractivity contribution in [2.75, 3.05) is 0 Å². The lowest BCUT2D eigenvalue weighted by atomic mass is 9.98. The number of benzene rings is 9. The molecule has 9 aromatic carbocycles. The molecule has 0 spiro atoms. The van der Waals surface area contributed by atoms with Gasteiger partial charge in [-0.3, -0.25) is 0 Å². The Hall–Kier alpha value is -7.95. The molecule has 3 aromatic heterocycles. The summed E-state index contributed by atoms with van der Waals surface area (Å²) in [5.74, 6) is 0.577. The Balaban J connectivity index is 1.07. The molecule has 0 aliphatic rings. The summed E-state index contributed by atoms with van der Waals surface area (Å²) in [4.78, 5) is 5.30. The monoisotopic (exact) mass is 753 g/mol. The fourth-order valence-corrected chi connectivity index (χ4v) is 9.02. The largest absolute Gasteiger partial charge is 0.436 e. The lowest BCUT2D eigenvalue weighted by molar-refractivity contribution is 0.620. The van der Waals surface area contributed by atoms with E-state index in [2.05, 4.69) is 209 Å². The van der Waals surface area contributed by atoms with Crippen LogP contribution in [0.2, 0.25) is 0 Å². The third-order valence-corrected chi connectivity index (χ3v) is 11.7. The molecule has 0 aliphatic carbocycles. The summed E-state index contributed by atoms with van der Waals surface area (Å²) in [6.45, 7) is 0. The van der Waals surface area contributed by atoms with Gasteiger partial charge in [-0.15, -0.1) is 0 Å². The van der Waals surface area contributed by atoms with Crippen molar-refractivity contribution in [2.24, 2.45) is 0 Å². The molecule has 0 bridgehead atoms. The van der Waals surface area contributed by atoms with Crippen molar-refractivity contribution < 1.29 is 4.42 Å². The van der Waals surface area contributed by atoms with E-state index >= 15 is 0 Å². The highest BCUT2D eigenvalue weighted by Gasteiger charge is 2.20. The second kappa shape index (κ2) is 13.3. The predicted molar refractivity (Wildman–Crippen MR) is 244 cm³/mol. The van der Waals surface area contributed by atoms with Crippen LogP contribution < -0.4 is 0 Å². The molecule has 4 heteroatoms. The van der Waals surface area contributed by atoms with Gasteiger partial charge in [-0.25, -0.2) is 4.98 Å². The predicted octanol–water partition coefficient (Wildman–Crippen LogP) is 14.7. The molecule has 0 atom stereocenters. The Morgan fingerprint density at radius 2 is 0.763 bits per heavy atom. The first-order chi connectivity index (χ1) is 29.2. The first kappa shape index (κ1) is 33.2. The SMILES string of the molecule is c1ccc(-c2cc(-c3ccccc3)c3nc(-c4cc(-c5ccc(-n6c7ccccc7c7ccccc76)cc5)cc(-n5c6ccccc6c6ccccc65)c4)oc3c2)cc1. The number of para-hydroxylation sites is 4. The third kappa shape index (κ3) is 5.42. The van der Waals surface area contributed by atoms with Crippen LogP contribution in [0.4, 0.5) is 0 Å². The van der Waals surface area contributed by atoms with E-state index in [0.29, 0.717) is 5.89 Å². The van der Waals surface area contributed by atoms with E-state index in [1.165, 1.54) is 32.6 Å². The van der Waals surface area contributed by atoms with Crippen LogP contribution >= 0.6 is 0 Å². The van der Waals surface area contributed by atoms with Gasteiger partial charge in [0.15, 0.2) is 5.58 Å². The highest BCUT2D eigenvalue weighted by atomic mass is 16.3. The van der Waals surface area contributed by atoms with Crippen LogP contribution in [0.25, 0.3) is 111 Å². The topological polar surface area (TPSA) is 35.9 Å². The number of oxazole rings is 1. The van der Waals surface area contributed by atoms with Crippen molar-refractivity contribution in [2.45, 2.75) is 0 Å². The summed E-state index contributed by atoms with van der Waals surface area (Å²) >= 11 is 0. The zero-order valence-corrected chi connectivity index (χ0v) is 32.0. The maximum atomic E-state index is 6.84. The average molecular weight is 754 g/mol. The fraction of sp³-hybridized carbons (Fsp3) is 0. The van der Waals surface area contributed by atoms with Crippen LogP contribution in [-0.4, -0.2) is 14.1 Å². The van der Waals surface area contributed by atoms with E-state index in [4.69, 9.17) is 9.40 Å². The molecule has 12 rings (SSSR count). The normalized spacial score (nSPS) is 11.7. The Morgan fingerprint density at radius 1 is 0.322 bits per heavy atom. The maximum Gasteiger partial charge on any atom is 0.227 e. The lowest BCUT2D eigenvalue weighted by Gasteiger charge is -2.13. The highest BCUT2D eigenvalue weighted by molar-refractivity contribution is 6.10. The molecule has 276 valence electrons. The van der Waals surface area contributed by atoms with Gasteiger partial charge in [-0.1, -0.05) is 146 Å². The van der Waals surface area contributed by atoms with Crippen LogP contribution in [0.3, 0.4) is 0 Å². The summed E-state index contributed by atoms with van der Waals surface area (Å²) in [6.07, 6.45) is 0. The Morgan fingerprint density at radius 3 is 1.32 bits per heavy atom. The third-order valence-electron chi connectivity index (χ3n) is 11.7. The molecule has 0 N–H and O–H groups in total. The van der Waals surface area contributed by atoms with Crippen LogP contribution in [0.15, 0.2) is 217 Å². The summed E-state index contributed by atoms with van der Waals surface area (Å²) in [5, 5.41) is 4.93. The van der Waals surface area contributed by atoms with Gasteiger partial charge in [-0.2, -0.15) is 0 Å². The highest BCUT2D eigenvalue weighted by Crippen LogP contribution is 2.40. The summed E-state index contributed by atoms with van der Waals surface area (Å²) < 4.78 is 11.6. The number of aromatic nitrogens is 3. The van der Waals surface area contributed by atoms with Gasteiger partial charge in [0.05, 0.1) is 22.1 Å². The number of hydrogen-bond donors (Lipinski definition) is 0. The standard InChI is InChI=1S/C55H35N3O/c1-3-15-36(16-4-1)40-34-48(38-17-5-2-6-18-38)54-53(35-40)59-55(56-54)41-31-39(32-43(33-41)58-51-25-13-9-21-46(51)47-22-10-14-26-52(47)58)37-27-29-42(30-28-37)57-49-23-11-7-19-44(49)45-20-8-12-24-50(45)57/h1-35H. The van der Waals surface area contributed by atoms with Gasteiger partial charge >= 0.3 is 0 Å². The van der Waals surface area contributed by atoms with E-state index in [1.807, 2.05) is 12.1 Å². The zero-order valence-electron chi connectivity index (χ0n) is 32.0. The smallest absolute Gasteiger partial charge is 0.227 e. The second-order valence-electron chi connectivity index (χ2n) is 15.2. The summed E-state index contributed by atoms with van der Waals surface area (Å²) in [5.41, 5.74) is 15.9. The van der Waals surface area contributed by atoms with Crippen molar-refractivity contribution >= 4 is 54.7 Å². The Kier molecular flexibility index (Phi) is 7.50. The lowest BCUT2D eigenvalue weighted by Crippen LogP contribution is -1.96. The van der Waals surface area contributed by atoms with Crippen LogP contribution in [-0.2, 0) is 0 Å². The van der Waals surface area contributed by atoms with Gasteiger partial charge in [0.1, 0.15) is 5.52 Å². The minimum Gasteiger partial charge on any atom is -0.436 e. The number of rotatable bonds is 6. The molecule has 59 heavy (non-hydrogen) atoms. The quantitative estimate of drug-likeness (QED) is 0.169. The van der Waals surface area contributed by atoms with E-state index in [0.717, 1.165) is 72.5 Å². The van der Waals surface area contributed by atoms with Crippen LogP contribution in [0.5, 0.6) is 0 Å². The van der Waals surface area contributed by atoms with Gasteiger partial charge < -0.3 is 13.6 Å². The molecule has 3 heterocycles. The van der Waals surface area contributed by atoms with Gasteiger partial charge in [0.25, 0.3) is 0 Å². The summed E-state index contributed by atoms with van der Waals surface area (Å²) in [7, 11) is 0. The molecule has 12 aromatic rings. The minimum absolute atomic E-state index is 0.577. The number of fused-ring (bicyclic) bond motifs is 7. The van der Waals surface area contributed by atoms with E-state index in [9.17, 15) is 0 Å². The minimum atomic E-state index is 0.577.